The Hall–Kier alpha value is -2.17. The van der Waals surface area contributed by atoms with Crippen LogP contribution >= 0.6 is 0 Å². The van der Waals surface area contributed by atoms with Gasteiger partial charge in [0.25, 0.3) is 0 Å². The lowest BCUT2D eigenvalue weighted by molar-refractivity contribution is -0.134. The second kappa shape index (κ2) is 5.91. The minimum absolute atomic E-state index is 0.0928. The number of likely N-dealkylation sites (tertiary alicyclic amines) is 1. The van der Waals surface area contributed by atoms with E-state index in [0.717, 1.165) is 31.5 Å². The first-order chi connectivity index (χ1) is 10.6. The lowest BCUT2D eigenvalue weighted by Gasteiger charge is -2.35. The highest BCUT2D eigenvalue weighted by Gasteiger charge is 2.39. The summed E-state index contributed by atoms with van der Waals surface area (Å²) in [5, 5.41) is 7.74. The monoisotopic (exact) mass is 298 g/mol. The number of carbonyl (C=O) groups excluding carboxylic acids is 1. The van der Waals surface area contributed by atoms with Gasteiger partial charge in [-0.05, 0) is 31.7 Å². The third-order valence-corrected chi connectivity index (χ3v) is 4.62. The van der Waals surface area contributed by atoms with E-state index < -0.39 is 0 Å². The molecular formula is C17H22N4O. The second-order valence-electron chi connectivity index (χ2n) is 6.33. The molecule has 0 spiro atoms. The van der Waals surface area contributed by atoms with Gasteiger partial charge in [0, 0.05) is 19.1 Å². The molecule has 1 amide bonds. The van der Waals surface area contributed by atoms with Crippen LogP contribution in [0.5, 0.6) is 0 Å². The molecular weight excluding hydrogens is 276 g/mol. The molecule has 1 aromatic carbocycles. The maximum absolute atomic E-state index is 12.7. The third-order valence-electron chi connectivity index (χ3n) is 4.62. The minimum atomic E-state index is -0.0928. The van der Waals surface area contributed by atoms with E-state index >= 15 is 0 Å². The number of amides is 1. The van der Waals surface area contributed by atoms with Gasteiger partial charge in [0.05, 0.1) is 18.3 Å². The maximum atomic E-state index is 12.7. The summed E-state index contributed by atoms with van der Waals surface area (Å²) in [4.78, 5) is 14.8. The number of benzene rings is 1. The van der Waals surface area contributed by atoms with Gasteiger partial charge in [-0.1, -0.05) is 35.5 Å². The van der Waals surface area contributed by atoms with Crippen LogP contribution in [0, 0.1) is 0 Å². The normalized spacial score (nSPS) is 21.3. The Morgan fingerprint density at radius 3 is 2.77 bits per heavy atom. The first-order valence-electron chi connectivity index (χ1n) is 7.76. The van der Waals surface area contributed by atoms with Crippen molar-refractivity contribution in [1.29, 1.82) is 0 Å². The average Bonchev–Trinajstić information content (AvgIpc) is 3.06. The van der Waals surface area contributed by atoms with Crippen molar-refractivity contribution in [1.82, 2.24) is 19.9 Å². The van der Waals surface area contributed by atoms with Crippen molar-refractivity contribution < 1.29 is 4.79 Å². The van der Waals surface area contributed by atoms with E-state index in [1.165, 1.54) is 5.56 Å². The van der Waals surface area contributed by atoms with Crippen LogP contribution < -0.4 is 0 Å². The molecule has 5 nitrogen and oxygen atoms in total. The second-order valence-corrected chi connectivity index (χ2v) is 6.33. The Kier molecular flexibility index (Phi) is 3.96. The molecule has 0 bridgehead atoms. The van der Waals surface area contributed by atoms with Crippen LogP contribution in [-0.2, 0) is 24.7 Å². The zero-order valence-corrected chi connectivity index (χ0v) is 13.2. The van der Waals surface area contributed by atoms with E-state index in [9.17, 15) is 4.79 Å². The number of carbonyl (C=O) groups is 1. The van der Waals surface area contributed by atoms with Crippen LogP contribution in [0.3, 0.4) is 0 Å². The van der Waals surface area contributed by atoms with Gasteiger partial charge in [-0.2, -0.15) is 0 Å². The molecule has 22 heavy (non-hydrogen) atoms. The molecule has 2 aromatic rings. The summed E-state index contributed by atoms with van der Waals surface area (Å²) in [6.45, 7) is 3.04. The highest BCUT2D eigenvalue weighted by atomic mass is 16.2. The molecule has 0 aliphatic carbocycles. The first kappa shape index (κ1) is 14.8. The first-order valence-corrected chi connectivity index (χ1v) is 7.76. The lowest BCUT2D eigenvalue weighted by atomic mass is 9.90. The molecule has 1 aliphatic heterocycles. The average molecular weight is 298 g/mol. The van der Waals surface area contributed by atoms with Gasteiger partial charge in [0.15, 0.2) is 0 Å². The van der Waals surface area contributed by atoms with Gasteiger partial charge in [-0.25, -0.2) is 0 Å². The van der Waals surface area contributed by atoms with E-state index in [2.05, 4.69) is 41.5 Å². The van der Waals surface area contributed by atoms with E-state index in [1.54, 1.807) is 10.9 Å². The maximum Gasteiger partial charge on any atom is 0.229 e. The van der Waals surface area contributed by atoms with Crippen molar-refractivity contribution in [3.05, 3.63) is 47.8 Å². The fourth-order valence-electron chi connectivity index (χ4n) is 3.39. The molecule has 5 heteroatoms. The summed E-state index contributed by atoms with van der Waals surface area (Å²) in [5.41, 5.74) is 2.05. The van der Waals surface area contributed by atoms with Crippen LogP contribution in [-0.4, -0.2) is 37.9 Å². The summed E-state index contributed by atoms with van der Waals surface area (Å²) in [6, 6.07) is 10.4. The smallest absolute Gasteiger partial charge is 0.229 e. The molecule has 0 saturated carbocycles. The Morgan fingerprint density at radius 2 is 2.09 bits per heavy atom. The van der Waals surface area contributed by atoms with Gasteiger partial charge in [-0.3, -0.25) is 9.48 Å². The van der Waals surface area contributed by atoms with Crippen molar-refractivity contribution in [2.24, 2.45) is 7.05 Å². The molecule has 3 rings (SSSR count). The van der Waals surface area contributed by atoms with Gasteiger partial charge >= 0.3 is 0 Å². The van der Waals surface area contributed by atoms with Crippen LogP contribution in [0.15, 0.2) is 36.5 Å². The predicted octanol–water partition coefficient (Wildman–Crippen LogP) is 1.98. The van der Waals surface area contributed by atoms with Gasteiger partial charge < -0.3 is 4.90 Å². The van der Waals surface area contributed by atoms with Crippen LogP contribution in [0.2, 0.25) is 0 Å². The Labute approximate surface area is 130 Å². The number of nitrogens with zero attached hydrogens (tertiary/aromatic N) is 4. The Bertz CT molecular complexity index is 652. The van der Waals surface area contributed by atoms with Crippen molar-refractivity contribution >= 4 is 5.91 Å². The predicted molar refractivity (Wildman–Crippen MR) is 84.2 cm³/mol. The quantitative estimate of drug-likeness (QED) is 0.867. The number of aromatic nitrogens is 3. The third kappa shape index (κ3) is 2.89. The lowest BCUT2D eigenvalue weighted by Crippen LogP contribution is -2.47. The zero-order valence-electron chi connectivity index (χ0n) is 13.2. The Morgan fingerprint density at radius 1 is 1.32 bits per heavy atom. The van der Waals surface area contributed by atoms with Crippen molar-refractivity contribution in [3.63, 3.8) is 0 Å². The fraction of sp³-hybridized carbons (Fsp3) is 0.471. The molecule has 1 aliphatic rings. The molecule has 1 unspecified atom stereocenters. The van der Waals surface area contributed by atoms with Crippen LogP contribution in [0.4, 0.5) is 0 Å². The van der Waals surface area contributed by atoms with E-state index in [-0.39, 0.29) is 11.4 Å². The molecule has 116 valence electrons. The van der Waals surface area contributed by atoms with Crippen LogP contribution in [0.25, 0.3) is 0 Å². The summed E-state index contributed by atoms with van der Waals surface area (Å²) in [5.74, 6) is 0.168. The van der Waals surface area contributed by atoms with E-state index in [0.29, 0.717) is 6.42 Å². The molecule has 0 radical (unpaired) electrons. The van der Waals surface area contributed by atoms with Crippen molar-refractivity contribution in [2.45, 2.75) is 38.1 Å². The minimum Gasteiger partial charge on any atom is -0.337 e. The van der Waals surface area contributed by atoms with Gasteiger partial charge in [0.1, 0.15) is 0 Å². The number of aryl methyl sites for hydroxylation is 1. The molecule has 1 fully saturated rings. The molecule has 1 saturated heterocycles. The zero-order chi connectivity index (χ0) is 15.6. The Balaban J connectivity index is 1.74. The van der Waals surface area contributed by atoms with Gasteiger partial charge in [-0.15, -0.1) is 5.10 Å². The van der Waals surface area contributed by atoms with E-state index in [4.69, 9.17) is 0 Å². The van der Waals surface area contributed by atoms with Gasteiger partial charge in [0.2, 0.25) is 5.91 Å². The standard InChI is InChI=1S/C17H22N4O/c1-17(12-14-7-4-3-5-8-14)9-6-10-21(17)16(22)11-15-13-18-19-20(15)2/h3-5,7-8,13H,6,9-12H2,1-2H3. The number of hydrogen-bond donors (Lipinski definition) is 0. The van der Waals surface area contributed by atoms with Crippen LogP contribution in [0.1, 0.15) is 31.0 Å². The molecule has 0 N–H and O–H groups in total. The largest absolute Gasteiger partial charge is 0.337 e. The van der Waals surface area contributed by atoms with Crippen molar-refractivity contribution in [2.75, 3.05) is 6.54 Å². The topological polar surface area (TPSA) is 51.0 Å². The highest BCUT2D eigenvalue weighted by Crippen LogP contribution is 2.32. The summed E-state index contributed by atoms with van der Waals surface area (Å²) in [6.07, 6.45) is 5.07. The number of rotatable bonds is 4. The molecule has 2 heterocycles. The molecule has 1 atom stereocenters. The summed E-state index contributed by atoms with van der Waals surface area (Å²) >= 11 is 0. The van der Waals surface area contributed by atoms with E-state index in [1.807, 2.05) is 18.0 Å². The highest BCUT2D eigenvalue weighted by molar-refractivity contribution is 5.79. The molecule has 1 aromatic heterocycles. The summed E-state index contributed by atoms with van der Waals surface area (Å²) in [7, 11) is 1.82. The van der Waals surface area contributed by atoms with Crippen molar-refractivity contribution in [3.8, 4) is 0 Å². The SMILES string of the molecule is Cn1nncc1CC(=O)N1CCCC1(C)Cc1ccccc1. The number of hydrogen-bond acceptors (Lipinski definition) is 3. The summed E-state index contributed by atoms with van der Waals surface area (Å²) < 4.78 is 1.67. The fourth-order valence-corrected chi connectivity index (χ4v) is 3.39.